The summed E-state index contributed by atoms with van der Waals surface area (Å²) < 4.78 is 26.3. The van der Waals surface area contributed by atoms with E-state index in [1.807, 2.05) is 0 Å². The van der Waals surface area contributed by atoms with E-state index >= 15 is 0 Å². The van der Waals surface area contributed by atoms with Crippen molar-refractivity contribution in [2.75, 3.05) is 25.4 Å². The Labute approximate surface area is 116 Å². The third-order valence-corrected chi connectivity index (χ3v) is 7.65. The van der Waals surface area contributed by atoms with Gasteiger partial charge in [0.25, 0.3) is 0 Å². The van der Waals surface area contributed by atoms with E-state index in [1.165, 1.54) is 32.1 Å². The summed E-state index contributed by atoms with van der Waals surface area (Å²) in [6.07, 6.45) is 7.45. The van der Waals surface area contributed by atoms with Gasteiger partial charge in [-0.3, -0.25) is 4.90 Å². The second-order valence-electron chi connectivity index (χ2n) is 6.94. The second-order valence-corrected chi connectivity index (χ2v) is 9.03. The van der Waals surface area contributed by atoms with Crippen LogP contribution in [0.15, 0.2) is 0 Å². The van der Waals surface area contributed by atoms with Gasteiger partial charge in [0.2, 0.25) is 10.0 Å². The van der Waals surface area contributed by atoms with Gasteiger partial charge in [-0.2, -0.15) is 0 Å². The van der Waals surface area contributed by atoms with Gasteiger partial charge in [-0.25, -0.2) is 12.7 Å². The minimum absolute atomic E-state index is 0.363. The van der Waals surface area contributed by atoms with Crippen LogP contribution in [0.2, 0.25) is 0 Å². The van der Waals surface area contributed by atoms with Crippen LogP contribution in [0.1, 0.15) is 38.5 Å². The van der Waals surface area contributed by atoms with Crippen LogP contribution in [0.25, 0.3) is 0 Å². The van der Waals surface area contributed by atoms with Crippen LogP contribution in [0.4, 0.5) is 0 Å². The van der Waals surface area contributed by atoms with E-state index in [1.54, 1.807) is 4.31 Å². The van der Waals surface area contributed by atoms with Gasteiger partial charge in [-0.1, -0.05) is 0 Å². The van der Waals surface area contributed by atoms with Gasteiger partial charge < -0.3 is 0 Å². The minimum atomic E-state index is -2.96. The first-order valence-corrected chi connectivity index (χ1v) is 9.48. The third-order valence-electron chi connectivity index (χ3n) is 5.76. The highest BCUT2D eigenvalue weighted by atomic mass is 32.2. The summed E-state index contributed by atoms with van der Waals surface area (Å²) in [6, 6.07) is 1.54. The fourth-order valence-corrected chi connectivity index (χ4v) is 6.12. The lowest BCUT2D eigenvalue weighted by Gasteiger charge is -2.22. The standard InChI is InChI=1S/C14H24N2O2S/c17-19(18,15-9-11-8-12(11)10-15)7-1-6-16-13-2-3-14(16)5-4-13/h11-14H,1-10H2/t11-,12+,13?,14?. The molecule has 0 aromatic carbocycles. The highest BCUT2D eigenvalue weighted by Gasteiger charge is 2.48. The Balaban J connectivity index is 1.28. The second kappa shape index (κ2) is 4.43. The van der Waals surface area contributed by atoms with E-state index in [0.29, 0.717) is 17.6 Å². The Bertz CT molecular complexity index is 434. The summed E-state index contributed by atoms with van der Waals surface area (Å²) in [5.74, 6) is 1.76. The molecule has 2 bridgehead atoms. The lowest BCUT2D eigenvalue weighted by atomic mass is 10.0. The maximum atomic E-state index is 12.3. The molecule has 19 heavy (non-hydrogen) atoms. The number of nitrogens with zero attached hydrogens (tertiary/aromatic N) is 2. The monoisotopic (exact) mass is 284 g/mol. The van der Waals surface area contributed by atoms with Crippen molar-refractivity contribution in [2.24, 2.45) is 11.8 Å². The zero-order valence-corrected chi connectivity index (χ0v) is 12.3. The molecule has 0 spiro atoms. The Kier molecular flexibility index (Phi) is 2.94. The zero-order valence-electron chi connectivity index (χ0n) is 11.5. The molecule has 2 atom stereocenters. The predicted molar refractivity (Wildman–Crippen MR) is 74.3 cm³/mol. The molecule has 0 N–H and O–H groups in total. The molecule has 1 aliphatic carbocycles. The van der Waals surface area contributed by atoms with Crippen molar-refractivity contribution < 1.29 is 8.42 Å². The first-order valence-electron chi connectivity index (χ1n) is 7.87. The van der Waals surface area contributed by atoms with Crippen molar-refractivity contribution in [3.05, 3.63) is 0 Å². The molecule has 108 valence electrons. The third kappa shape index (κ3) is 2.24. The smallest absolute Gasteiger partial charge is 0.214 e. The molecule has 0 unspecified atom stereocenters. The number of sulfonamides is 1. The van der Waals surface area contributed by atoms with Crippen molar-refractivity contribution in [1.29, 1.82) is 0 Å². The normalized spacial score (nSPS) is 41.9. The molecule has 1 saturated carbocycles. The number of hydrogen-bond acceptors (Lipinski definition) is 3. The van der Waals surface area contributed by atoms with Gasteiger partial charge in [0, 0.05) is 25.2 Å². The Hall–Kier alpha value is -0.130. The zero-order chi connectivity index (χ0) is 13.0. The number of piperidine rings is 1. The van der Waals surface area contributed by atoms with Crippen molar-refractivity contribution in [3.63, 3.8) is 0 Å². The van der Waals surface area contributed by atoms with Crippen LogP contribution < -0.4 is 0 Å². The molecule has 0 radical (unpaired) electrons. The highest BCUT2D eigenvalue weighted by Crippen LogP contribution is 2.45. The molecule has 0 aromatic rings. The molecule has 4 fully saturated rings. The van der Waals surface area contributed by atoms with Gasteiger partial charge in [0.15, 0.2) is 0 Å². The first kappa shape index (κ1) is 12.6. The Morgan fingerprint density at radius 3 is 2.11 bits per heavy atom. The fourth-order valence-electron chi connectivity index (χ4n) is 4.53. The van der Waals surface area contributed by atoms with Crippen LogP contribution >= 0.6 is 0 Å². The molecule has 3 heterocycles. The maximum Gasteiger partial charge on any atom is 0.214 e. The molecule has 5 heteroatoms. The van der Waals surface area contributed by atoms with E-state index in [0.717, 1.165) is 38.1 Å². The summed E-state index contributed by atoms with van der Waals surface area (Å²) in [4.78, 5) is 2.58. The van der Waals surface area contributed by atoms with E-state index in [2.05, 4.69) is 4.90 Å². The van der Waals surface area contributed by atoms with Gasteiger partial charge in [0.05, 0.1) is 5.75 Å². The summed E-state index contributed by atoms with van der Waals surface area (Å²) in [5.41, 5.74) is 0. The number of rotatable bonds is 5. The summed E-state index contributed by atoms with van der Waals surface area (Å²) >= 11 is 0. The molecule has 3 saturated heterocycles. The molecule has 0 amide bonds. The largest absolute Gasteiger partial charge is 0.297 e. The van der Waals surface area contributed by atoms with Gasteiger partial charge in [0.1, 0.15) is 0 Å². The minimum Gasteiger partial charge on any atom is -0.297 e. The SMILES string of the molecule is O=S(=O)(CCCN1C2CCC1CC2)N1C[C@H]2C[C@H]2C1. The first-order chi connectivity index (χ1) is 9.13. The van der Waals surface area contributed by atoms with Crippen LogP contribution in [-0.4, -0.2) is 55.1 Å². The van der Waals surface area contributed by atoms with E-state index in [-0.39, 0.29) is 0 Å². The van der Waals surface area contributed by atoms with Crippen LogP contribution in [-0.2, 0) is 10.0 Å². The maximum absolute atomic E-state index is 12.3. The highest BCUT2D eigenvalue weighted by molar-refractivity contribution is 7.89. The topological polar surface area (TPSA) is 40.6 Å². The number of hydrogen-bond donors (Lipinski definition) is 0. The van der Waals surface area contributed by atoms with Gasteiger partial charge in [-0.15, -0.1) is 0 Å². The average molecular weight is 284 g/mol. The lowest BCUT2D eigenvalue weighted by Crippen LogP contribution is -2.35. The molecule has 0 aromatic heterocycles. The number of fused-ring (bicyclic) bond motifs is 3. The predicted octanol–water partition coefficient (Wildman–Crippen LogP) is 1.28. The van der Waals surface area contributed by atoms with Crippen molar-refractivity contribution in [2.45, 2.75) is 50.6 Å². The lowest BCUT2D eigenvalue weighted by molar-refractivity contribution is 0.253. The Morgan fingerprint density at radius 2 is 1.53 bits per heavy atom. The van der Waals surface area contributed by atoms with Crippen molar-refractivity contribution in [1.82, 2.24) is 9.21 Å². The molecule has 4 aliphatic rings. The summed E-state index contributed by atoms with van der Waals surface area (Å²) in [7, 11) is -2.96. The van der Waals surface area contributed by atoms with E-state index in [4.69, 9.17) is 0 Å². The molecular formula is C14H24N2O2S. The van der Waals surface area contributed by atoms with Crippen molar-refractivity contribution >= 4 is 10.0 Å². The van der Waals surface area contributed by atoms with Crippen LogP contribution in [0.5, 0.6) is 0 Å². The quantitative estimate of drug-likeness (QED) is 0.764. The average Bonchev–Trinajstić information content (AvgIpc) is 2.79. The van der Waals surface area contributed by atoms with E-state index < -0.39 is 10.0 Å². The summed E-state index contributed by atoms with van der Waals surface area (Å²) in [5, 5.41) is 0. The molecule has 4 rings (SSSR count). The van der Waals surface area contributed by atoms with Crippen molar-refractivity contribution in [3.8, 4) is 0 Å². The Morgan fingerprint density at radius 1 is 0.947 bits per heavy atom. The molecule has 3 aliphatic heterocycles. The van der Waals surface area contributed by atoms with Gasteiger partial charge in [-0.05, 0) is 56.9 Å². The van der Waals surface area contributed by atoms with E-state index in [9.17, 15) is 8.42 Å². The summed E-state index contributed by atoms with van der Waals surface area (Å²) in [6.45, 7) is 2.61. The fraction of sp³-hybridized carbons (Fsp3) is 1.00. The molecule has 4 nitrogen and oxygen atoms in total. The van der Waals surface area contributed by atoms with Gasteiger partial charge >= 0.3 is 0 Å². The van der Waals surface area contributed by atoms with Crippen LogP contribution in [0.3, 0.4) is 0 Å². The van der Waals surface area contributed by atoms with Crippen LogP contribution in [0, 0.1) is 11.8 Å². The molecular weight excluding hydrogens is 260 g/mol.